The molecule has 2 aromatic rings. The SMILES string of the molecule is CO[C@H](C(=O)Nc1cc(CN)ccn1)c1ccccc1. The first-order chi connectivity index (χ1) is 9.74. The van der Waals surface area contributed by atoms with Crippen molar-refractivity contribution in [2.24, 2.45) is 5.73 Å². The Hall–Kier alpha value is -2.24. The van der Waals surface area contributed by atoms with Crippen LogP contribution in [0.3, 0.4) is 0 Å². The summed E-state index contributed by atoms with van der Waals surface area (Å²) in [5.41, 5.74) is 7.26. The van der Waals surface area contributed by atoms with Gasteiger partial charge in [-0.25, -0.2) is 4.98 Å². The zero-order chi connectivity index (χ0) is 14.4. The maximum Gasteiger partial charge on any atom is 0.259 e. The monoisotopic (exact) mass is 271 g/mol. The molecule has 0 spiro atoms. The molecule has 1 amide bonds. The van der Waals surface area contributed by atoms with Gasteiger partial charge in [0.15, 0.2) is 6.10 Å². The molecule has 0 bridgehead atoms. The molecule has 3 N–H and O–H groups in total. The Bertz CT molecular complexity index is 572. The summed E-state index contributed by atoms with van der Waals surface area (Å²) in [6.07, 6.45) is 0.946. The zero-order valence-electron chi connectivity index (χ0n) is 11.2. The van der Waals surface area contributed by atoms with Crippen LogP contribution in [0.2, 0.25) is 0 Å². The summed E-state index contributed by atoms with van der Waals surface area (Å²) in [5.74, 6) is 0.205. The Morgan fingerprint density at radius 1 is 1.35 bits per heavy atom. The molecular formula is C15H17N3O2. The summed E-state index contributed by atoms with van der Waals surface area (Å²) in [6.45, 7) is 0.401. The van der Waals surface area contributed by atoms with Crippen LogP contribution in [0, 0.1) is 0 Å². The first-order valence-corrected chi connectivity index (χ1v) is 6.28. The number of aromatic nitrogens is 1. The number of nitrogens with one attached hydrogen (secondary N) is 1. The fraction of sp³-hybridized carbons (Fsp3) is 0.200. The molecule has 104 valence electrons. The van der Waals surface area contributed by atoms with E-state index >= 15 is 0 Å². The fourth-order valence-electron chi connectivity index (χ4n) is 1.88. The van der Waals surface area contributed by atoms with Crippen LogP contribution < -0.4 is 11.1 Å². The molecule has 20 heavy (non-hydrogen) atoms. The number of carbonyl (C=O) groups is 1. The second-order valence-electron chi connectivity index (χ2n) is 4.27. The van der Waals surface area contributed by atoms with Crippen LogP contribution in [0.25, 0.3) is 0 Å². The molecule has 0 aliphatic carbocycles. The van der Waals surface area contributed by atoms with Crippen molar-refractivity contribution >= 4 is 11.7 Å². The van der Waals surface area contributed by atoms with E-state index in [0.717, 1.165) is 11.1 Å². The molecule has 0 aliphatic rings. The van der Waals surface area contributed by atoms with Crippen molar-refractivity contribution in [1.82, 2.24) is 4.98 Å². The van der Waals surface area contributed by atoms with Crippen molar-refractivity contribution in [2.75, 3.05) is 12.4 Å². The van der Waals surface area contributed by atoms with E-state index in [1.165, 1.54) is 7.11 Å². The van der Waals surface area contributed by atoms with E-state index in [1.54, 1.807) is 18.3 Å². The largest absolute Gasteiger partial charge is 0.367 e. The molecule has 5 nitrogen and oxygen atoms in total. The van der Waals surface area contributed by atoms with Gasteiger partial charge < -0.3 is 15.8 Å². The van der Waals surface area contributed by atoms with Gasteiger partial charge in [-0.3, -0.25) is 4.79 Å². The average molecular weight is 271 g/mol. The highest BCUT2D eigenvalue weighted by Gasteiger charge is 2.20. The minimum atomic E-state index is -0.667. The van der Waals surface area contributed by atoms with Gasteiger partial charge in [0.25, 0.3) is 5.91 Å². The number of hydrogen-bond acceptors (Lipinski definition) is 4. The standard InChI is InChI=1S/C15H17N3O2/c1-20-14(12-5-3-2-4-6-12)15(19)18-13-9-11(10-16)7-8-17-13/h2-9,14H,10,16H2,1H3,(H,17,18,19)/t14-/m0/s1. The number of nitrogens with two attached hydrogens (primary N) is 1. The number of benzene rings is 1. The topological polar surface area (TPSA) is 77.2 Å². The third-order valence-corrected chi connectivity index (χ3v) is 2.89. The second-order valence-corrected chi connectivity index (χ2v) is 4.27. The van der Waals surface area contributed by atoms with Gasteiger partial charge in [0.05, 0.1) is 0 Å². The van der Waals surface area contributed by atoms with Crippen LogP contribution in [0.5, 0.6) is 0 Å². The number of carbonyl (C=O) groups excluding carboxylic acids is 1. The lowest BCUT2D eigenvalue weighted by Crippen LogP contribution is -2.23. The molecule has 1 heterocycles. The summed E-state index contributed by atoms with van der Waals surface area (Å²) >= 11 is 0. The molecule has 0 unspecified atom stereocenters. The quantitative estimate of drug-likeness (QED) is 0.870. The highest BCUT2D eigenvalue weighted by atomic mass is 16.5. The Morgan fingerprint density at radius 2 is 2.10 bits per heavy atom. The van der Waals surface area contributed by atoms with E-state index in [9.17, 15) is 4.79 Å². The van der Waals surface area contributed by atoms with Crippen LogP contribution in [-0.2, 0) is 16.1 Å². The summed E-state index contributed by atoms with van der Waals surface area (Å²) in [6, 6.07) is 12.9. The van der Waals surface area contributed by atoms with Crippen LogP contribution in [-0.4, -0.2) is 18.0 Å². The van der Waals surface area contributed by atoms with Crippen molar-refractivity contribution in [1.29, 1.82) is 0 Å². The predicted octanol–water partition coefficient (Wildman–Crippen LogP) is 1.87. The maximum absolute atomic E-state index is 12.2. The van der Waals surface area contributed by atoms with E-state index in [2.05, 4.69) is 10.3 Å². The normalized spacial score (nSPS) is 11.9. The molecule has 0 aliphatic heterocycles. The van der Waals surface area contributed by atoms with Crippen molar-refractivity contribution in [3.63, 3.8) is 0 Å². The number of hydrogen-bond donors (Lipinski definition) is 2. The number of methoxy groups -OCH3 is 1. The Labute approximate surface area is 117 Å². The molecule has 0 radical (unpaired) electrons. The number of anilines is 1. The zero-order valence-corrected chi connectivity index (χ0v) is 11.2. The first kappa shape index (κ1) is 14.2. The molecule has 5 heteroatoms. The van der Waals surface area contributed by atoms with Crippen molar-refractivity contribution in [3.8, 4) is 0 Å². The minimum absolute atomic E-state index is 0.264. The highest BCUT2D eigenvalue weighted by Crippen LogP contribution is 2.18. The maximum atomic E-state index is 12.2. The number of amides is 1. The van der Waals surface area contributed by atoms with E-state index < -0.39 is 6.10 Å². The van der Waals surface area contributed by atoms with Gasteiger partial charge in [0, 0.05) is 19.9 Å². The Kier molecular flexibility index (Phi) is 4.81. The van der Waals surface area contributed by atoms with Crippen LogP contribution in [0.15, 0.2) is 48.7 Å². The van der Waals surface area contributed by atoms with Gasteiger partial charge in [-0.15, -0.1) is 0 Å². The molecule has 0 saturated carbocycles. The van der Waals surface area contributed by atoms with E-state index in [4.69, 9.17) is 10.5 Å². The van der Waals surface area contributed by atoms with E-state index in [1.807, 2.05) is 30.3 Å². The molecular weight excluding hydrogens is 254 g/mol. The van der Waals surface area contributed by atoms with Gasteiger partial charge in [-0.1, -0.05) is 30.3 Å². The summed E-state index contributed by atoms with van der Waals surface area (Å²) in [4.78, 5) is 16.3. The van der Waals surface area contributed by atoms with Crippen LogP contribution >= 0.6 is 0 Å². The number of pyridine rings is 1. The van der Waals surface area contributed by atoms with Crippen LogP contribution in [0.1, 0.15) is 17.2 Å². The smallest absolute Gasteiger partial charge is 0.259 e. The Morgan fingerprint density at radius 3 is 2.75 bits per heavy atom. The summed E-state index contributed by atoms with van der Waals surface area (Å²) < 4.78 is 5.26. The minimum Gasteiger partial charge on any atom is -0.367 e. The van der Waals surface area contributed by atoms with E-state index in [-0.39, 0.29) is 5.91 Å². The van der Waals surface area contributed by atoms with Crippen molar-refractivity contribution in [3.05, 3.63) is 59.8 Å². The van der Waals surface area contributed by atoms with Gasteiger partial charge >= 0.3 is 0 Å². The third kappa shape index (κ3) is 3.40. The van der Waals surface area contributed by atoms with Crippen molar-refractivity contribution in [2.45, 2.75) is 12.6 Å². The summed E-state index contributed by atoms with van der Waals surface area (Å²) in [7, 11) is 1.50. The first-order valence-electron chi connectivity index (χ1n) is 6.28. The molecule has 1 atom stereocenters. The van der Waals surface area contributed by atoms with Gasteiger partial charge in [-0.05, 0) is 23.3 Å². The van der Waals surface area contributed by atoms with Gasteiger partial charge in [-0.2, -0.15) is 0 Å². The lowest BCUT2D eigenvalue weighted by atomic mass is 10.1. The number of rotatable bonds is 5. The molecule has 1 aromatic heterocycles. The third-order valence-electron chi connectivity index (χ3n) is 2.89. The van der Waals surface area contributed by atoms with Crippen LogP contribution in [0.4, 0.5) is 5.82 Å². The van der Waals surface area contributed by atoms with Crippen molar-refractivity contribution < 1.29 is 9.53 Å². The van der Waals surface area contributed by atoms with Gasteiger partial charge in [0.2, 0.25) is 0 Å². The summed E-state index contributed by atoms with van der Waals surface area (Å²) in [5, 5.41) is 2.74. The average Bonchev–Trinajstić information content (AvgIpc) is 2.49. The molecule has 1 aromatic carbocycles. The molecule has 2 rings (SSSR count). The fourth-order valence-corrected chi connectivity index (χ4v) is 1.88. The lowest BCUT2D eigenvalue weighted by Gasteiger charge is -2.15. The predicted molar refractivity (Wildman–Crippen MR) is 77.0 cm³/mol. The van der Waals surface area contributed by atoms with E-state index in [0.29, 0.717) is 12.4 Å². The second kappa shape index (κ2) is 6.79. The lowest BCUT2D eigenvalue weighted by molar-refractivity contribution is -0.126. The number of ether oxygens (including phenoxy) is 1. The highest BCUT2D eigenvalue weighted by molar-refractivity contribution is 5.94. The molecule has 0 saturated heterocycles. The molecule has 0 fully saturated rings. The number of nitrogens with zero attached hydrogens (tertiary/aromatic N) is 1. The van der Waals surface area contributed by atoms with Gasteiger partial charge in [0.1, 0.15) is 5.82 Å². The Balaban J connectivity index is 2.13.